The van der Waals surface area contributed by atoms with Crippen LogP contribution in [0.15, 0.2) is 0 Å². The summed E-state index contributed by atoms with van der Waals surface area (Å²) in [6, 6.07) is -0.192. The number of halogens is 3. The van der Waals surface area contributed by atoms with Gasteiger partial charge in [-0.1, -0.05) is 6.42 Å². The fourth-order valence-electron chi connectivity index (χ4n) is 2.13. The van der Waals surface area contributed by atoms with Crippen LogP contribution in [0.5, 0.6) is 0 Å². The van der Waals surface area contributed by atoms with Gasteiger partial charge in [0.2, 0.25) is 0 Å². The van der Waals surface area contributed by atoms with Gasteiger partial charge in [0, 0.05) is 25.7 Å². The first-order chi connectivity index (χ1) is 8.76. The van der Waals surface area contributed by atoms with E-state index in [-0.39, 0.29) is 6.04 Å². The summed E-state index contributed by atoms with van der Waals surface area (Å²) in [7, 11) is -2.12. The summed E-state index contributed by atoms with van der Waals surface area (Å²) in [4.78, 5) is 0. The van der Waals surface area contributed by atoms with Crippen LogP contribution in [0.4, 0.5) is 13.2 Å². The normalized spacial score (nSPS) is 22.6. The van der Waals surface area contributed by atoms with E-state index in [1.54, 1.807) is 7.05 Å². The van der Waals surface area contributed by atoms with Crippen LogP contribution in [-0.2, 0) is 10.2 Å². The van der Waals surface area contributed by atoms with Crippen molar-refractivity contribution in [2.45, 2.75) is 37.9 Å². The molecule has 0 spiro atoms. The van der Waals surface area contributed by atoms with Gasteiger partial charge in [-0.2, -0.15) is 25.9 Å². The number of likely N-dealkylation sites (N-methyl/N-ethyl adjacent to an activating group) is 1. The summed E-state index contributed by atoms with van der Waals surface area (Å²) < 4.78 is 63.3. The van der Waals surface area contributed by atoms with Crippen LogP contribution in [-0.4, -0.2) is 51.6 Å². The molecule has 1 fully saturated rings. The molecule has 5 nitrogen and oxygen atoms in total. The molecular formula is C10H20F3N3O2S. The Morgan fingerprint density at radius 2 is 2.00 bits per heavy atom. The second-order valence-electron chi connectivity index (χ2n) is 4.58. The third kappa shape index (κ3) is 5.64. The average molecular weight is 303 g/mol. The largest absolute Gasteiger partial charge is 0.390 e. The zero-order valence-electron chi connectivity index (χ0n) is 10.8. The molecule has 1 rings (SSSR count). The Balaban J connectivity index is 2.58. The van der Waals surface area contributed by atoms with Crippen LogP contribution in [0.3, 0.4) is 0 Å². The van der Waals surface area contributed by atoms with Crippen molar-refractivity contribution in [3.63, 3.8) is 0 Å². The number of nitrogens with one attached hydrogen (secondary N) is 2. The van der Waals surface area contributed by atoms with Gasteiger partial charge in [-0.15, -0.1) is 0 Å². The van der Waals surface area contributed by atoms with Crippen molar-refractivity contribution in [3.05, 3.63) is 0 Å². The molecule has 19 heavy (non-hydrogen) atoms. The van der Waals surface area contributed by atoms with E-state index in [1.165, 1.54) is 4.31 Å². The Morgan fingerprint density at radius 1 is 1.32 bits per heavy atom. The van der Waals surface area contributed by atoms with Gasteiger partial charge in [0.1, 0.15) is 0 Å². The van der Waals surface area contributed by atoms with Gasteiger partial charge < -0.3 is 5.32 Å². The van der Waals surface area contributed by atoms with Gasteiger partial charge in [0.25, 0.3) is 10.2 Å². The lowest BCUT2D eigenvalue weighted by Gasteiger charge is -2.34. The van der Waals surface area contributed by atoms with Gasteiger partial charge >= 0.3 is 6.18 Å². The van der Waals surface area contributed by atoms with Gasteiger partial charge in [0.15, 0.2) is 0 Å². The van der Waals surface area contributed by atoms with Gasteiger partial charge in [0.05, 0.1) is 6.42 Å². The van der Waals surface area contributed by atoms with Crippen LogP contribution >= 0.6 is 0 Å². The van der Waals surface area contributed by atoms with E-state index in [2.05, 4.69) is 5.32 Å². The summed E-state index contributed by atoms with van der Waals surface area (Å²) >= 11 is 0. The SMILES string of the molecule is CNCC1CCCCN1S(=O)(=O)NCCC(F)(F)F. The highest BCUT2D eigenvalue weighted by molar-refractivity contribution is 7.87. The van der Waals surface area contributed by atoms with Crippen molar-refractivity contribution in [2.75, 3.05) is 26.7 Å². The summed E-state index contributed by atoms with van der Waals surface area (Å²) in [5, 5.41) is 2.91. The molecule has 1 atom stereocenters. The number of piperidine rings is 1. The Hall–Kier alpha value is -0.380. The van der Waals surface area contributed by atoms with Crippen LogP contribution in [0.25, 0.3) is 0 Å². The Labute approximate surface area is 111 Å². The molecule has 9 heteroatoms. The maximum atomic E-state index is 12.0. The monoisotopic (exact) mass is 303 g/mol. The Morgan fingerprint density at radius 3 is 2.58 bits per heavy atom. The van der Waals surface area contributed by atoms with E-state index in [9.17, 15) is 21.6 Å². The number of hydrogen-bond donors (Lipinski definition) is 2. The lowest BCUT2D eigenvalue weighted by atomic mass is 10.1. The van der Waals surface area contributed by atoms with E-state index in [0.29, 0.717) is 13.1 Å². The molecular weight excluding hydrogens is 283 g/mol. The summed E-state index contributed by atoms with van der Waals surface area (Å²) in [6.45, 7) is 0.239. The zero-order valence-corrected chi connectivity index (χ0v) is 11.6. The highest BCUT2D eigenvalue weighted by Gasteiger charge is 2.33. The molecule has 0 amide bonds. The van der Waals surface area contributed by atoms with Crippen LogP contribution < -0.4 is 10.0 Å². The Kier molecular flexibility index (Phi) is 6.03. The first-order valence-electron chi connectivity index (χ1n) is 6.24. The molecule has 2 N–H and O–H groups in total. The van der Waals surface area contributed by atoms with Crippen molar-refractivity contribution < 1.29 is 21.6 Å². The van der Waals surface area contributed by atoms with Crippen LogP contribution in [0.1, 0.15) is 25.7 Å². The minimum absolute atomic E-state index is 0.192. The van der Waals surface area contributed by atoms with Crippen molar-refractivity contribution in [3.8, 4) is 0 Å². The van der Waals surface area contributed by atoms with E-state index in [1.807, 2.05) is 4.72 Å². The Bertz CT molecular complexity index is 371. The molecule has 1 heterocycles. The zero-order chi connectivity index (χ0) is 14.5. The van der Waals surface area contributed by atoms with Crippen LogP contribution in [0, 0.1) is 0 Å². The molecule has 0 radical (unpaired) electrons. The molecule has 114 valence electrons. The molecule has 1 saturated heterocycles. The highest BCUT2D eigenvalue weighted by Crippen LogP contribution is 2.21. The van der Waals surface area contributed by atoms with Crippen molar-refractivity contribution in [2.24, 2.45) is 0 Å². The van der Waals surface area contributed by atoms with Crippen molar-refractivity contribution in [1.29, 1.82) is 0 Å². The average Bonchev–Trinajstić information content (AvgIpc) is 2.28. The fourth-order valence-corrected chi connectivity index (χ4v) is 3.60. The van der Waals surface area contributed by atoms with E-state index in [0.717, 1.165) is 19.3 Å². The van der Waals surface area contributed by atoms with Crippen molar-refractivity contribution >= 4 is 10.2 Å². The first kappa shape index (κ1) is 16.7. The molecule has 1 aliphatic heterocycles. The lowest BCUT2D eigenvalue weighted by molar-refractivity contribution is -0.132. The third-order valence-corrected chi connectivity index (χ3v) is 4.68. The maximum Gasteiger partial charge on any atom is 0.390 e. The maximum absolute atomic E-state index is 12.0. The predicted molar refractivity (Wildman–Crippen MR) is 65.9 cm³/mol. The molecule has 0 bridgehead atoms. The number of alkyl halides is 3. The second kappa shape index (κ2) is 6.87. The lowest BCUT2D eigenvalue weighted by Crippen LogP contribution is -2.52. The fraction of sp³-hybridized carbons (Fsp3) is 1.00. The topological polar surface area (TPSA) is 61.4 Å². The van der Waals surface area contributed by atoms with Crippen LogP contribution in [0.2, 0.25) is 0 Å². The van der Waals surface area contributed by atoms with Gasteiger partial charge in [-0.3, -0.25) is 0 Å². The molecule has 0 aromatic heterocycles. The minimum atomic E-state index is -4.35. The van der Waals surface area contributed by atoms with Gasteiger partial charge in [-0.25, -0.2) is 4.72 Å². The third-order valence-electron chi connectivity index (χ3n) is 3.01. The summed E-state index contributed by atoms with van der Waals surface area (Å²) in [5.74, 6) is 0. The molecule has 1 aliphatic rings. The predicted octanol–water partition coefficient (Wildman–Crippen LogP) is 0.847. The molecule has 0 saturated carbocycles. The quantitative estimate of drug-likeness (QED) is 0.764. The standard InChI is InChI=1S/C10H20F3N3O2S/c1-14-8-9-4-2-3-7-16(9)19(17,18)15-6-5-10(11,12)13/h9,14-15H,2-8H2,1H3. The molecule has 0 aliphatic carbocycles. The molecule has 0 aromatic rings. The number of hydrogen-bond acceptors (Lipinski definition) is 3. The highest BCUT2D eigenvalue weighted by atomic mass is 32.2. The van der Waals surface area contributed by atoms with Gasteiger partial charge in [-0.05, 0) is 19.9 Å². The smallest absolute Gasteiger partial charge is 0.318 e. The molecule has 0 aromatic carbocycles. The number of rotatable bonds is 6. The minimum Gasteiger partial charge on any atom is -0.318 e. The first-order valence-corrected chi connectivity index (χ1v) is 7.68. The van der Waals surface area contributed by atoms with E-state index >= 15 is 0 Å². The van der Waals surface area contributed by atoms with E-state index in [4.69, 9.17) is 0 Å². The van der Waals surface area contributed by atoms with Crippen molar-refractivity contribution in [1.82, 2.24) is 14.3 Å². The summed E-state index contributed by atoms with van der Waals surface area (Å²) in [5.41, 5.74) is 0. The summed E-state index contributed by atoms with van der Waals surface area (Å²) in [6.07, 6.45) is -3.12. The van der Waals surface area contributed by atoms with E-state index < -0.39 is 29.4 Å². The second-order valence-corrected chi connectivity index (χ2v) is 6.29. The number of nitrogens with zero attached hydrogens (tertiary/aromatic N) is 1. The molecule has 1 unspecified atom stereocenters.